The Kier molecular flexibility index (Phi) is 5.51. The molecule has 17 heavy (non-hydrogen) atoms. The van der Waals surface area contributed by atoms with E-state index in [0.717, 1.165) is 0 Å². The highest BCUT2D eigenvalue weighted by Gasteiger charge is 2.31. The van der Waals surface area contributed by atoms with Crippen molar-refractivity contribution in [3.8, 4) is 12.3 Å². The van der Waals surface area contributed by atoms with Crippen molar-refractivity contribution in [2.24, 2.45) is 0 Å². The summed E-state index contributed by atoms with van der Waals surface area (Å²) in [5.74, 6) is 3.06. The molecule has 1 atom stereocenters. The lowest BCUT2D eigenvalue weighted by atomic mass is 10.1. The maximum Gasteiger partial charge on any atom is 0.0962 e. The van der Waals surface area contributed by atoms with Crippen LogP contribution in [0.3, 0.4) is 0 Å². The molecule has 0 radical (unpaired) electrons. The number of unbranched alkanes of at least 4 members (excludes halogenated alkanes) is 2. The van der Waals surface area contributed by atoms with Crippen LogP contribution in [0.2, 0.25) is 18.6 Å². The predicted octanol–water partition coefficient (Wildman–Crippen LogP) is 4.19. The first-order valence-electron chi connectivity index (χ1n) is 6.64. The van der Waals surface area contributed by atoms with Gasteiger partial charge in [0.05, 0.1) is 8.07 Å². The van der Waals surface area contributed by atoms with Gasteiger partial charge in [0, 0.05) is 5.54 Å². The molecule has 92 valence electrons. The SMILES string of the molecule is C#CC(CCCCC)[Si](C)(C)c1ccccc1. The molecule has 1 aromatic rings. The molecule has 0 saturated heterocycles. The zero-order valence-electron chi connectivity index (χ0n) is 11.4. The highest BCUT2D eigenvalue weighted by molar-refractivity contribution is 6.91. The number of hydrogen-bond acceptors (Lipinski definition) is 0. The third-order valence-corrected chi connectivity index (χ3v) is 7.71. The smallest absolute Gasteiger partial charge is 0.0962 e. The molecule has 1 aromatic carbocycles. The summed E-state index contributed by atoms with van der Waals surface area (Å²) >= 11 is 0. The molecule has 0 amide bonds. The van der Waals surface area contributed by atoms with Crippen molar-refractivity contribution >= 4 is 13.3 Å². The normalized spacial score (nSPS) is 13.1. The Morgan fingerprint density at radius 2 is 1.82 bits per heavy atom. The van der Waals surface area contributed by atoms with E-state index in [0.29, 0.717) is 5.54 Å². The van der Waals surface area contributed by atoms with E-state index in [1.807, 2.05) is 0 Å². The van der Waals surface area contributed by atoms with Crippen molar-refractivity contribution < 1.29 is 0 Å². The summed E-state index contributed by atoms with van der Waals surface area (Å²) < 4.78 is 0. The van der Waals surface area contributed by atoms with Crippen molar-refractivity contribution in [3.63, 3.8) is 0 Å². The van der Waals surface area contributed by atoms with Crippen LogP contribution in [0.4, 0.5) is 0 Å². The molecule has 0 saturated carbocycles. The van der Waals surface area contributed by atoms with E-state index in [1.165, 1.54) is 30.9 Å². The number of terminal acetylenes is 1. The van der Waals surface area contributed by atoms with Crippen molar-refractivity contribution in [1.29, 1.82) is 0 Å². The fraction of sp³-hybridized carbons (Fsp3) is 0.500. The molecule has 0 nitrogen and oxygen atoms in total. The van der Waals surface area contributed by atoms with Gasteiger partial charge in [-0.3, -0.25) is 0 Å². The van der Waals surface area contributed by atoms with Crippen LogP contribution in [0, 0.1) is 12.3 Å². The summed E-state index contributed by atoms with van der Waals surface area (Å²) in [4.78, 5) is 0. The van der Waals surface area contributed by atoms with Crippen LogP contribution in [0.25, 0.3) is 0 Å². The molecule has 1 heteroatoms. The van der Waals surface area contributed by atoms with Gasteiger partial charge in [0.15, 0.2) is 0 Å². The van der Waals surface area contributed by atoms with E-state index in [9.17, 15) is 0 Å². The third kappa shape index (κ3) is 3.75. The van der Waals surface area contributed by atoms with E-state index >= 15 is 0 Å². The number of rotatable bonds is 6. The van der Waals surface area contributed by atoms with Crippen LogP contribution < -0.4 is 5.19 Å². The minimum absolute atomic E-state index is 0.469. The molecule has 0 fully saturated rings. The van der Waals surface area contributed by atoms with Crippen molar-refractivity contribution in [3.05, 3.63) is 30.3 Å². The van der Waals surface area contributed by atoms with Crippen LogP contribution in [-0.2, 0) is 0 Å². The van der Waals surface area contributed by atoms with Gasteiger partial charge in [-0.2, -0.15) is 0 Å². The fourth-order valence-electron chi connectivity index (χ4n) is 2.32. The van der Waals surface area contributed by atoms with E-state index in [-0.39, 0.29) is 0 Å². The first-order chi connectivity index (χ1) is 8.12. The zero-order chi connectivity index (χ0) is 12.7. The largest absolute Gasteiger partial charge is 0.120 e. The second-order valence-electron chi connectivity index (χ2n) is 5.30. The third-order valence-electron chi connectivity index (χ3n) is 3.69. The average Bonchev–Trinajstić information content (AvgIpc) is 2.35. The zero-order valence-corrected chi connectivity index (χ0v) is 12.4. The summed E-state index contributed by atoms with van der Waals surface area (Å²) in [5.41, 5.74) is 0.469. The molecule has 0 spiro atoms. The van der Waals surface area contributed by atoms with Gasteiger partial charge in [-0.1, -0.05) is 74.8 Å². The van der Waals surface area contributed by atoms with Gasteiger partial charge >= 0.3 is 0 Å². The molecule has 0 heterocycles. The molecule has 0 aliphatic rings. The quantitative estimate of drug-likeness (QED) is 0.400. The predicted molar refractivity (Wildman–Crippen MR) is 80.3 cm³/mol. The lowest BCUT2D eigenvalue weighted by Gasteiger charge is -2.29. The lowest BCUT2D eigenvalue weighted by molar-refractivity contribution is 0.672. The van der Waals surface area contributed by atoms with Crippen LogP contribution in [0.1, 0.15) is 32.6 Å². The Balaban J connectivity index is 2.77. The molecule has 0 aromatic heterocycles. The van der Waals surface area contributed by atoms with Crippen LogP contribution in [0.15, 0.2) is 30.3 Å². The summed E-state index contributed by atoms with van der Waals surface area (Å²) in [7, 11) is -1.49. The maximum absolute atomic E-state index is 5.76. The van der Waals surface area contributed by atoms with Gasteiger partial charge in [-0.05, 0) is 6.42 Å². The Morgan fingerprint density at radius 1 is 1.18 bits per heavy atom. The van der Waals surface area contributed by atoms with E-state index in [2.05, 4.69) is 56.3 Å². The van der Waals surface area contributed by atoms with Crippen molar-refractivity contribution in [1.82, 2.24) is 0 Å². The van der Waals surface area contributed by atoms with Gasteiger partial charge in [0.2, 0.25) is 0 Å². The van der Waals surface area contributed by atoms with E-state index in [1.54, 1.807) is 0 Å². The van der Waals surface area contributed by atoms with Gasteiger partial charge in [0.25, 0.3) is 0 Å². The molecular formula is C16H24Si. The minimum Gasteiger partial charge on any atom is -0.120 e. The standard InChI is InChI=1S/C16H24Si/c1-5-7-9-12-15(6-2)17(3,4)16-13-10-8-11-14-16/h2,8,10-11,13-15H,5,7,9,12H2,1,3-4H3. The molecule has 1 rings (SSSR count). The Labute approximate surface area is 107 Å². The molecule has 0 aliphatic heterocycles. The molecular weight excluding hydrogens is 220 g/mol. The minimum atomic E-state index is -1.49. The topological polar surface area (TPSA) is 0 Å². The summed E-state index contributed by atoms with van der Waals surface area (Å²) in [6.07, 6.45) is 10.8. The average molecular weight is 244 g/mol. The summed E-state index contributed by atoms with van der Waals surface area (Å²) in [6, 6.07) is 10.8. The highest BCUT2D eigenvalue weighted by Crippen LogP contribution is 2.27. The molecule has 0 N–H and O–H groups in total. The molecule has 0 aliphatic carbocycles. The lowest BCUT2D eigenvalue weighted by Crippen LogP contribution is -2.45. The Bertz CT molecular complexity index is 359. The summed E-state index contributed by atoms with van der Waals surface area (Å²) in [6.45, 7) is 7.04. The fourth-order valence-corrected chi connectivity index (χ4v) is 5.12. The second-order valence-corrected chi connectivity index (χ2v) is 10.0. The van der Waals surface area contributed by atoms with Gasteiger partial charge in [-0.25, -0.2) is 0 Å². The van der Waals surface area contributed by atoms with E-state index in [4.69, 9.17) is 6.42 Å². The molecule has 0 bridgehead atoms. The van der Waals surface area contributed by atoms with Crippen LogP contribution in [-0.4, -0.2) is 8.07 Å². The first-order valence-corrected chi connectivity index (χ1v) is 9.72. The van der Waals surface area contributed by atoms with Crippen LogP contribution >= 0.6 is 0 Å². The maximum atomic E-state index is 5.76. The first kappa shape index (κ1) is 14.1. The van der Waals surface area contributed by atoms with Crippen LogP contribution in [0.5, 0.6) is 0 Å². The Morgan fingerprint density at radius 3 is 2.35 bits per heavy atom. The van der Waals surface area contributed by atoms with E-state index < -0.39 is 8.07 Å². The monoisotopic (exact) mass is 244 g/mol. The second kappa shape index (κ2) is 6.66. The van der Waals surface area contributed by atoms with Gasteiger partial charge in [-0.15, -0.1) is 12.3 Å². The highest BCUT2D eigenvalue weighted by atomic mass is 28.3. The number of hydrogen-bond donors (Lipinski definition) is 0. The van der Waals surface area contributed by atoms with Crippen molar-refractivity contribution in [2.45, 2.75) is 51.2 Å². The van der Waals surface area contributed by atoms with Gasteiger partial charge in [0.1, 0.15) is 0 Å². The molecule has 1 unspecified atom stereocenters. The Hall–Kier alpha value is -1.00. The van der Waals surface area contributed by atoms with Crippen molar-refractivity contribution in [2.75, 3.05) is 0 Å². The van der Waals surface area contributed by atoms with Gasteiger partial charge < -0.3 is 0 Å². The summed E-state index contributed by atoms with van der Waals surface area (Å²) in [5, 5.41) is 1.49. The number of benzene rings is 1.